The fourth-order valence-electron chi connectivity index (χ4n) is 3.85. The molecule has 1 saturated heterocycles. The van der Waals surface area contributed by atoms with Crippen LogP contribution in [-0.4, -0.2) is 40.3 Å². The van der Waals surface area contributed by atoms with Crippen molar-refractivity contribution < 1.29 is 4.79 Å². The van der Waals surface area contributed by atoms with Crippen molar-refractivity contribution >= 4 is 6.03 Å². The summed E-state index contributed by atoms with van der Waals surface area (Å²) < 4.78 is 2.09. The second-order valence-corrected chi connectivity index (χ2v) is 7.13. The molecule has 2 aliphatic rings. The van der Waals surface area contributed by atoms with Gasteiger partial charge in [-0.15, -0.1) is 0 Å². The van der Waals surface area contributed by atoms with Crippen LogP contribution in [0.15, 0.2) is 6.07 Å². The van der Waals surface area contributed by atoms with Gasteiger partial charge in [0.15, 0.2) is 0 Å². The molecule has 1 atom stereocenters. The van der Waals surface area contributed by atoms with Gasteiger partial charge in [0, 0.05) is 25.3 Å². The molecule has 1 aromatic heterocycles. The van der Waals surface area contributed by atoms with Crippen LogP contribution in [0.3, 0.4) is 0 Å². The summed E-state index contributed by atoms with van der Waals surface area (Å²) in [6.07, 6.45) is 6.00. The van der Waals surface area contributed by atoms with Gasteiger partial charge >= 0.3 is 6.03 Å². The predicted octanol–water partition coefficient (Wildman–Crippen LogP) is 3.04. The van der Waals surface area contributed by atoms with E-state index in [4.69, 9.17) is 0 Å². The molecule has 1 aliphatic heterocycles. The minimum Gasteiger partial charge on any atom is -0.337 e. The van der Waals surface area contributed by atoms with Crippen molar-refractivity contribution in [1.82, 2.24) is 20.0 Å². The van der Waals surface area contributed by atoms with Crippen molar-refractivity contribution in [2.45, 2.75) is 58.9 Å². The number of aromatic nitrogens is 2. The van der Waals surface area contributed by atoms with E-state index in [2.05, 4.69) is 35.0 Å². The van der Waals surface area contributed by atoms with Crippen LogP contribution in [0.2, 0.25) is 0 Å². The molecule has 0 aromatic carbocycles. The number of nitrogens with zero attached hydrogens (tertiary/aromatic N) is 3. The van der Waals surface area contributed by atoms with Crippen LogP contribution in [0.25, 0.3) is 0 Å². The van der Waals surface area contributed by atoms with E-state index in [1.165, 1.54) is 31.4 Å². The molecule has 1 saturated carbocycles. The van der Waals surface area contributed by atoms with Gasteiger partial charge in [-0.3, -0.25) is 4.68 Å². The second kappa shape index (κ2) is 5.94. The Kier molecular flexibility index (Phi) is 4.15. The predicted molar refractivity (Wildman–Crippen MR) is 86.9 cm³/mol. The summed E-state index contributed by atoms with van der Waals surface area (Å²) in [4.78, 5) is 14.3. The average Bonchev–Trinajstić information content (AvgIpc) is 3.04. The Morgan fingerprint density at radius 2 is 2.23 bits per heavy atom. The van der Waals surface area contributed by atoms with Gasteiger partial charge < -0.3 is 10.2 Å². The van der Waals surface area contributed by atoms with Gasteiger partial charge in [0.25, 0.3) is 0 Å². The van der Waals surface area contributed by atoms with E-state index in [9.17, 15) is 4.79 Å². The van der Waals surface area contributed by atoms with Crippen molar-refractivity contribution in [1.29, 1.82) is 0 Å². The van der Waals surface area contributed by atoms with E-state index in [1.807, 2.05) is 11.8 Å². The molecule has 122 valence electrons. The van der Waals surface area contributed by atoms with Crippen molar-refractivity contribution in [3.63, 3.8) is 0 Å². The number of carbonyl (C=O) groups excluding carboxylic acids is 1. The molecule has 5 nitrogen and oxygen atoms in total. The Bertz CT molecular complexity index is 541. The molecule has 0 spiro atoms. The summed E-state index contributed by atoms with van der Waals surface area (Å²) in [6.45, 7) is 8.78. The standard InChI is InChI=1S/C17H28N4O/c1-4-17(7-5-8-17)12-18-16(22)20-9-6-15(11-20)21-14(3)10-13(2)19-21/h10,15H,4-9,11-12H2,1-3H3,(H,18,22). The van der Waals surface area contributed by atoms with E-state index >= 15 is 0 Å². The number of carbonyl (C=O) groups is 1. The highest BCUT2D eigenvalue weighted by Crippen LogP contribution is 2.43. The van der Waals surface area contributed by atoms with Gasteiger partial charge in [0.2, 0.25) is 0 Å². The monoisotopic (exact) mass is 304 g/mol. The number of hydrogen-bond acceptors (Lipinski definition) is 2. The Balaban J connectivity index is 1.53. The molecule has 1 unspecified atom stereocenters. The van der Waals surface area contributed by atoms with E-state index in [-0.39, 0.29) is 6.03 Å². The molecule has 2 heterocycles. The summed E-state index contributed by atoms with van der Waals surface area (Å²) in [6, 6.07) is 2.52. The zero-order chi connectivity index (χ0) is 15.7. The fourth-order valence-corrected chi connectivity index (χ4v) is 3.85. The van der Waals surface area contributed by atoms with Crippen LogP contribution in [0.1, 0.15) is 56.5 Å². The maximum atomic E-state index is 12.4. The minimum atomic E-state index is 0.101. The van der Waals surface area contributed by atoms with Crippen LogP contribution in [0.5, 0.6) is 0 Å². The van der Waals surface area contributed by atoms with E-state index < -0.39 is 0 Å². The molecule has 3 rings (SSSR count). The molecule has 2 amide bonds. The summed E-state index contributed by atoms with van der Waals surface area (Å²) in [5, 5.41) is 7.73. The quantitative estimate of drug-likeness (QED) is 0.929. The Hall–Kier alpha value is -1.52. The van der Waals surface area contributed by atoms with E-state index in [1.54, 1.807) is 0 Å². The summed E-state index contributed by atoms with van der Waals surface area (Å²) in [7, 11) is 0. The Morgan fingerprint density at radius 1 is 1.45 bits per heavy atom. The van der Waals surface area contributed by atoms with Gasteiger partial charge in [-0.1, -0.05) is 13.3 Å². The number of aryl methyl sites for hydroxylation is 2. The highest BCUT2D eigenvalue weighted by Gasteiger charge is 2.36. The lowest BCUT2D eigenvalue weighted by molar-refractivity contribution is 0.122. The fraction of sp³-hybridized carbons (Fsp3) is 0.765. The normalized spacial score (nSPS) is 23.4. The highest BCUT2D eigenvalue weighted by molar-refractivity contribution is 5.74. The third-order valence-corrected chi connectivity index (χ3v) is 5.62. The van der Waals surface area contributed by atoms with Gasteiger partial charge in [-0.2, -0.15) is 5.10 Å². The van der Waals surface area contributed by atoms with Gasteiger partial charge in [0.1, 0.15) is 0 Å². The largest absolute Gasteiger partial charge is 0.337 e. The highest BCUT2D eigenvalue weighted by atomic mass is 16.2. The lowest BCUT2D eigenvalue weighted by atomic mass is 9.67. The van der Waals surface area contributed by atoms with E-state index in [0.717, 1.165) is 31.7 Å². The number of nitrogens with one attached hydrogen (secondary N) is 1. The molecule has 0 radical (unpaired) electrons. The topological polar surface area (TPSA) is 50.2 Å². The average molecular weight is 304 g/mol. The summed E-state index contributed by atoms with van der Waals surface area (Å²) >= 11 is 0. The first-order valence-electron chi connectivity index (χ1n) is 8.58. The lowest BCUT2D eigenvalue weighted by Gasteiger charge is -2.41. The van der Waals surface area contributed by atoms with Gasteiger partial charge in [-0.25, -0.2) is 4.79 Å². The molecule has 0 bridgehead atoms. The number of amides is 2. The molecule has 5 heteroatoms. The first-order valence-corrected chi connectivity index (χ1v) is 8.58. The molecule has 1 N–H and O–H groups in total. The third kappa shape index (κ3) is 2.85. The molecular weight excluding hydrogens is 276 g/mol. The number of hydrogen-bond donors (Lipinski definition) is 1. The molecule has 2 fully saturated rings. The molecule has 22 heavy (non-hydrogen) atoms. The molecule has 1 aromatic rings. The zero-order valence-electron chi connectivity index (χ0n) is 14.1. The Labute approximate surface area is 133 Å². The van der Waals surface area contributed by atoms with Crippen molar-refractivity contribution in [2.24, 2.45) is 5.41 Å². The van der Waals surface area contributed by atoms with Crippen LogP contribution in [0, 0.1) is 19.3 Å². The summed E-state index contributed by atoms with van der Waals surface area (Å²) in [5.74, 6) is 0. The maximum Gasteiger partial charge on any atom is 0.317 e. The van der Waals surface area contributed by atoms with Crippen LogP contribution >= 0.6 is 0 Å². The lowest BCUT2D eigenvalue weighted by Crippen LogP contribution is -2.46. The Morgan fingerprint density at radius 3 is 2.77 bits per heavy atom. The van der Waals surface area contributed by atoms with Crippen molar-refractivity contribution in [2.75, 3.05) is 19.6 Å². The maximum absolute atomic E-state index is 12.4. The minimum absolute atomic E-state index is 0.101. The first-order chi connectivity index (χ1) is 10.5. The van der Waals surface area contributed by atoms with E-state index in [0.29, 0.717) is 11.5 Å². The van der Waals surface area contributed by atoms with Gasteiger partial charge in [-0.05, 0) is 51.0 Å². The molecular formula is C17H28N4O. The first kappa shape index (κ1) is 15.4. The van der Waals surface area contributed by atoms with Crippen LogP contribution in [0.4, 0.5) is 4.79 Å². The zero-order valence-corrected chi connectivity index (χ0v) is 14.1. The van der Waals surface area contributed by atoms with Crippen molar-refractivity contribution in [3.8, 4) is 0 Å². The number of urea groups is 1. The third-order valence-electron chi connectivity index (χ3n) is 5.62. The number of rotatable bonds is 4. The second-order valence-electron chi connectivity index (χ2n) is 7.13. The summed E-state index contributed by atoms with van der Waals surface area (Å²) in [5.41, 5.74) is 2.62. The smallest absolute Gasteiger partial charge is 0.317 e. The number of likely N-dealkylation sites (tertiary alicyclic amines) is 1. The van der Waals surface area contributed by atoms with Crippen LogP contribution < -0.4 is 5.32 Å². The van der Waals surface area contributed by atoms with Gasteiger partial charge in [0.05, 0.1) is 11.7 Å². The van der Waals surface area contributed by atoms with Crippen molar-refractivity contribution in [3.05, 3.63) is 17.5 Å². The molecule has 1 aliphatic carbocycles. The SMILES string of the molecule is CCC1(CNC(=O)N2CCC(n3nc(C)cc3C)C2)CCC1. The van der Waals surface area contributed by atoms with Crippen LogP contribution in [-0.2, 0) is 0 Å².